The first-order valence-corrected chi connectivity index (χ1v) is 37.1. The molecule has 0 amide bonds. The Morgan fingerprint density at radius 3 is 0.943 bits per heavy atom. The van der Waals surface area contributed by atoms with Crippen molar-refractivity contribution < 1.29 is 0 Å². The number of nitrogens with one attached hydrogen (secondary N) is 1. The highest BCUT2D eigenvalue weighted by Crippen LogP contribution is 1.91. The van der Waals surface area contributed by atoms with E-state index in [1.807, 2.05) is 326 Å². The lowest BCUT2D eigenvalue weighted by atomic mass is 10.3. The van der Waals surface area contributed by atoms with E-state index in [4.69, 9.17) is 0 Å². The molecule has 0 atom stereocenters. The third kappa shape index (κ3) is 115. The van der Waals surface area contributed by atoms with Crippen molar-refractivity contribution in [3.05, 3.63) is 285 Å². The van der Waals surface area contributed by atoms with Gasteiger partial charge in [-0.2, -0.15) is 30.6 Å². The number of hydrogen-bond donors (Lipinski definition) is 1. The summed E-state index contributed by atoms with van der Waals surface area (Å²) in [5, 5.41) is 28.0. The van der Waals surface area contributed by atoms with E-state index in [0.29, 0.717) is 5.82 Å². The Bertz CT molecular complexity index is 2510. The Balaban J connectivity index is -0.0000000886. The van der Waals surface area contributed by atoms with Gasteiger partial charge < -0.3 is 4.57 Å². The zero-order chi connectivity index (χ0) is 83.9. The molecular formula is C83H145N23. The molecule has 0 aliphatic carbocycles. The van der Waals surface area contributed by atoms with Gasteiger partial charge in [-0.1, -0.05) is 178 Å². The van der Waals surface area contributed by atoms with Crippen LogP contribution in [0, 0.1) is 76.2 Å². The van der Waals surface area contributed by atoms with Crippen LogP contribution in [0.3, 0.4) is 0 Å². The maximum absolute atomic E-state index is 3.98. The Morgan fingerprint density at radius 2 is 0.736 bits per heavy atom. The van der Waals surface area contributed by atoms with E-state index >= 15 is 0 Å². The van der Waals surface area contributed by atoms with Crippen molar-refractivity contribution in [3.8, 4) is 0 Å². The zero-order valence-corrected chi connectivity index (χ0v) is 72.6. The van der Waals surface area contributed by atoms with Crippen molar-refractivity contribution in [3.63, 3.8) is 0 Å². The van der Waals surface area contributed by atoms with Crippen LogP contribution in [0.4, 0.5) is 0 Å². The van der Waals surface area contributed by atoms with Crippen molar-refractivity contribution in [1.29, 1.82) is 0 Å². The van der Waals surface area contributed by atoms with Gasteiger partial charge in [0.25, 0.3) is 0 Å². The molecular weight excluding hydrogens is 1320 g/mol. The number of aryl methyl sites for hydroxylation is 12. The van der Waals surface area contributed by atoms with Gasteiger partial charge in [-0.05, 0) is 159 Å². The van der Waals surface area contributed by atoms with E-state index in [-0.39, 0.29) is 0 Å². The minimum Gasteiger partial charge on any atom is -0.341 e. The second kappa shape index (κ2) is 118. The van der Waals surface area contributed by atoms with Gasteiger partial charge in [0.1, 0.15) is 36.5 Å². The lowest BCUT2D eigenvalue weighted by molar-refractivity contribution is 0.907. The molecule has 0 fully saturated rings. The molecule has 0 radical (unpaired) electrons. The lowest BCUT2D eigenvalue weighted by Crippen LogP contribution is -1.85. The van der Waals surface area contributed by atoms with Gasteiger partial charge in [-0.3, -0.25) is 30.0 Å². The summed E-state index contributed by atoms with van der Waals surface area (Å²) >= 11 is 0. The third-order valence-electron chi connectivity index (χ3n) is 8.48. The van der Waals surface area contributed by atoms with Crippen molar-refractivity contribution >= 4 is 0 Å². The van der Waals surface area contributed by atoms with Gasteiger partial charge in [0.05, 0.1) is 30.1 Å². The Labute approximate surface area is 645 Å². The summed E-state index contributed by atoms with van der Waals surface area (Å²) in [5.74, 6) is 2.39. The molecule has 592 valence electrons. The molecule has 0 aliphatic rings. The molecule has 0 aliphatic heterocycles. The predicted octanol–water partition coefficient (Wildman–Crippen LogP) is 21.9. The first-order valence-electron chi connectivity index (χ1n) is 37.1. The minimum absolute atomic E-state index is 0.711. The fourth-order valence-electron chi connectivity index (χ4n) is 4.44. The average molecular weight is 1470 g/mol. The first-order chi connectivity index (χ1) is 51.7. The van der Waals surface area contributed by atoms with Gasteiger partial charge in [0, 0.05) is 130 Å². The molecule has 12 rings (SSSR count). The lowest BCUT2D eigenvalue weighted by Gasteiger charge is -1.82. The van der Waals surface area contributed by atoms with Gasteiger partial charge in [-0.25, -0.2) is 44.9 Å². The molecule has 0 saturated heterocycles. The van der Waals surface area contributed by atoms with Crippen LogP contribution in [0.5, 0.6) is 0 Å². The number of aromatic amines is 1. The monoisotopic (exact) mass is 1460 g/mol. The second-order valence-corrected chi connectivity index (χ2v) is 16.2. The van der Waals surface area contributed by atoms with E-state index in [1.54, 1.807) is 131 Å². The SMILES string of the molecule is CC.CC.CC.CC.CC.CC.CC.CC.CC.CC.CC.CC.Cc1ccccn1.Cc1cccnc1.Cc1cccnn1.Cc1ccncc1.Cc1ccncn1.Cc1ccnnc1.Cc1cnccn1.Cc1cncnc1.Cc1ncccn1.Cc1nccnn1.Cc1ncn[nH]1.Cn1ccnc1. The van der Waals surface area contributed by atoms with Crippen LogP contribution in [0.1, 0.15) is 229 Å². The summed E-state index contributed by atoms with van der Waals surface area (Å²) in [5.41, 5.74) is 8.72. The van der Waals surface area contributed by atoms with Crippen LogP contribution >= 0.6 is 0 Å². The molecule has 0 aromatic carbocycles. The van der Waals surface area contributed by atoms with Gasteiger partial charge >= 0.3 is 0 Å². The number of nitrogens with zero attached hydrogens (tertiary/aromatic N) is 22. The zero-order valence-electron chi connectivity index (χ0n) is 72.6. The highest BCUT2D eigenvalue weighted by molar-refractivity contribution is 5.06. The van der Waals surface area contributed by atoms with Gasteiger partial charge in [0.2, 0.25) is 0 Å². The normalized spacial score (nSPS) is 7.43. The van der Waals surface area contributed by atoms with Crippen LogP contribution in [0.2, 0.25) is 0 Å². The quantitative estimate of drug-likeness (QED) is 0.147. The van der Waals surface area contributed by atoms with Crippen LogP contribution < -0.4 is 0 Å². The van der Waals surface area contributed by atoms with Crippen LogP contribution in [0.15, 0.2) is 222 Å². The molecule has 12 heterocycles. The standard InChI is InChI=1S/3C6H7N.6C5H6N2.C4H5N3.C4H6N2.C3H5N3.12C2H6/c1-6-2-4-7-5-3-6;1-6-3-2-4-7-5-6;1-6-4-2-3-5-7-6;1-5-2-6-4-7-3-5;1-5-4-6-2-3-7-5;1-5-2-3-6-4-7-5;1-5-2-3-6-7-4-5;1-5-6-3-2-4-7-5;1-5-3-2-4-6-7-5;1-4-5-2-3-6-7-4;1-6-3-2-5-4-6;1-3-4-2-5-6-3;12*1-2/h3*2-5H,1H3;6*2-4H,1H3;2-3H,1H3;2-4H,1H3;2H,1H3,(H,4,5,6);12*1-2H3. The molecule has 12 aromatic heterocycles. The Kier molecular flexibility index (Phi) is 136. The van der Waals surface area contributed by atoms with Crippen molar-refractivity contribution in [2.45, 2.75) is 242 Å². The summed E-state index contributed by atoms with van der Waals surface area (Å²) in [4.78, 5) is 53.7. The summed E-state index contributed by atoms with van der Waals surface area (Å²) in [6.45, 7) is 69.2. The van der Waals surface area contributed by atoms with E-state index in [9.17, 15) is 0 Å². The second-order valence-electron chi connectivity index (χ2n) is 16.2. The Morgan fingerprint density at radius 1 is 0.255 bits per heavy atom. The fraction of sp³-hybridized carbons (Fsp3) is 0.434. The number of imidazole rings is 1. The molecule has 12 aromatic rings. The molecule has 106 heavy (non-hydrogen) atoms. The molecule has 23 nitrogen and oxygen atoms in total. The highest BCUT2D eigenvalue weighted by Gasteiger charge is 1.81. The number of aromatic nitrogens is 23. The number of H-pyrrole nitrogens is 1. The average Bonchev–Trinajstić information content (AvgIpc) is 2.69. The number of rotatable bonds is 0. The molecule has 0 bridgehead atoms. The largest absolute Gasteiger partial charge is 0.341 e. The highest BCUT2D eigenvalue weighted by atomic mass is 15.2. The van der Waals surface area contributed by atoms with Crippen molar-refractivity contribution in [1.82, 2.24) is 115 Å². The maximum Gasteiger partial charge on any atom is 0.147 e. The molecule has 23 heteroatoms. The number of pyridine rings is 3. The minimum atomic E-state index is 0.711. The van der Waals surface area contributed by atoms with Crippen LogP contribution in [0.25, 0.3) is 0 Å². The van der Waals surface area contributed by atoms with Crippen molar-refractivity contribution in [2.75, 3.05) is 0 Å². The smallest absolute Gasteiger partial charge is 0.147 e. The van der Waals surface area contributed by atoms with Crippen LogP contribution in [-0.2, 0) is 7.05 Å². The molecule has 0 unspecified atom stereocenters. The fourth-order valence-corrected chi connectivity index (χ4v) is 4.44. The van der Waals surface area contributed by atoms with Gasteiger partial charge in [0.15, 0.2) is 0 Å². The summed E-state index contributed by atoms with van der Waals surface area (Å²) in [6.07, 6.45) is 40.9. The van der Waals surface area contributed by atoms with E-state index < -0.39 is 0 Å². The number of hydrogen-bond acceptors (Lipinski definition) is 21. The molecule has 1 N–H and O–H groups in total. The van der Waals surface area contributed by atoms with Crippen molar-refractivity contribution in [2.24, 2.45) is 7.05 Å². The van der Waals surface area contributed by atoms with E-state index in [0.717, 1.165) is 45.6 Å². The molecule has 0 saturated carbocycles. The first kappa shape index (κ1) is 122. The van der Waals surface area contributed by atoms with E-state index in [2.05, 4.69) is 111 Å². The molecule has 0 spiro atoms. The third-order valence-corrected chi connectivity index (χ3v) is 8.48. The summed E-state index contributed by atoms with van der Waals surface area (Å²) in [7, 11) is 1.94. The summed E-state index contributed by atoms with van der Waals surface area (Å²) in [6, 6.07) is 23.1. The topological polar surface area (TPSA) is 291 Å². The Hall–Kier alpha value is -10.7. The van der Waals surface area contributed by atoms with Gasteiger partial charge in [-0.15, -0.1) is 5.10 Å². The van der Waals surface area contributed by atoms with E-state index in [1.165, 1.54) is 30.1 Å². The summed E-state index contributed by atoms with van der Waals surface area (Å²) < 4.78 is 1.89. The predicted molar refractivity (Wildman–Crippen MR) is 453 cm³/mol. The maximum atomic E-state index is 3.98. The van der Waals surface area contributed by atoms with Crippen LogP contribution in [-0.4, -0.2) is 115 Å².